The van der Waals surface area contributed by atoms with Gasteiger partial charge in [0.05, 0.1) is 17.3 Å². The van der Waals surface area contributed by atoms with Crippen LogP contribution in [0.2, 0.25) is 5.02 Å². The van der Waals surface area contributed by atoms with Crippen molar-refractivity contribution >= 4 is 11.6 Å². The number of nitrogens with zero attached hydrogens (tertiary/aromatic N) is 2. The monoisotopic (exact) mass is 294 g/mol. The number of rotatable bonds is 3. The Bertz CT molecular complexity index is 627. The minimum atomic E-state index is -0.660. The van der Waals surface area contributed by atoms with Gasteiger partial charge in [-0.25, -0.2) is 0 Å². The molecule has 106 valence electrons. The number of hydrogen-bond acceptors (Lipinski definition) is 4. The van der Waals surface area contributed by atoms with Gasteiger partial charge >= 0.3 is 0 Å². The van der Waals surface area contributed by atoms with Crippen LogP contribution in [-0.2, 0) is 13.5 Å². The molecule has 5 nitrogen and oxygen atoms in total. The molecular weight excluding hydrogens is 280 g/mol. The van der Waals surface area contributed by atoms with E-state index in [1.807, 2.05) is 13.2 Å². The molecule has 1 atom stereocenters. The van der Waals surface area contributed by atoms with Crippen LogP contribution in [-0.4, -0.2) is 28.1 Å². The SMILES string of the molecule is Cn1cc(CC(O)c2cc(Cl)c3c(c2)OCCO3)cn1. The van der Waals surface area contributed by atoms with E-state index in [4.69, 9.17) is 21.1 Å². The number of benzene rings is 1. The normalized spacial score (nSPS) is 15.2. The van der Waals surface area contributed by atoms with Gasteiger partial charge in [0, 0.05) is 19.7 Å². The lowest BCUT2D eigenvalue weighted by atomic mass is 10.0. The highest BCUT2D eigenvalue weighted by molar-refractivity contribution is 6.32. The third kappa shape index (κ3) is 2.59. The van der Waals surface area contributed by atoms with Crippen LogP contribution in [0.25, 0.3) is 0 Å². The van der Waals surface area contributed by atoms with Crippen molar-refractivity contribution in [2.24, 2.45) is 7.05 Å². The number of aliphatic hydroxyl groups is 1. The highest BCUT2D eigenvalue weighted by Gasteiger charge is 2.19. The Morgan fingerprint density at radius 2 is 2.20 bits per heavy atom. The van der Waals surface area contributed by atoms with E-state index in [-0.39, 0.29) is 0 Å². The molecule has 0 fully saturated rings. The second-order valence-electron chi connectivity index (χ2n) is 4.77. The third-order valence-electron chi connectivity index (χ3n) is 3.19. The zero-order valence-electron chi connectivity index (χ0n) is 11.0. The van der Waals surface area contributed by atoms with Gasteiger partial charge in [0.15, 0.2) is 11.5 Å². The maximum Gasteiger partial charge on any atom is 0.179 e. The van der Waals surface area contributed by atoms with Gasteiger partial charge in [0.1, 0.15) is 13.2 Å². The molecule has 0 amide bonds. The molecule has 1 aromatic heterocycles. The molecule has 1 aliphatic rings. The van der Waals surface area contributed by atoms with E-state index in [2.05, 4.69) is 5.10 Å². The second kappa shape index (κ2) is 5.34. The molecule has 0 spiro atoms. The van der Waals surface area contributed by atoms with Crippen molar-refractivity contribution in [1.82, 2.24) is 9.78 Å². The van der Waals surface area contributed by atoms with E-state index < -0.39 is 6.10 Å². The number of ether oxygens (including phenoxy) is 2. The van der Waals surface area contributed by atoms with Gasteiger partial charge in [-0.3, -0.25) is 4.68 Å². The smallest absolute Gasteiger partial charge is 0.179 e. The number of halogens is 1. The van der Waals surface area contributed by atoms with Crippen LogP contribution >= 0.6 is 11.6 Å². The average molecular weight is 295 g/mol. The summed E-state index contributed by atoms with van der Waals surface area (Å²) in [6.07, 6.45) is 3.43. The molecule has 0 aliphatic carbocycles. The number of aromatic nitrogens is 2. The fourth-order valence-corrected chi connectivity index (χ4v) is 2.52. The van der Waals surface area contributed by atoms with Crippen molar-refractivity contribution < 1.29 is 14.6 Å². The van der Waals surface area contributed by atoms with Gasteiger partial charge in [0.25, 0.3) is 0 Å². The van der Waals surface area contributed by atoms with E-state index in [9.17, 15) is 5.11 Å². The predicted octanol–water partition coefficient (Wildman–Crippen LogP) is 2.12. The molecule has 6 heteroatoms. The minimum Gasteiger partial charge on any atom is -0.486 e. The summed E-state index contributed by atoms with van der Waals surface area (Å²) < 4.78 is 12.7. The van der Waals surface area contributed by atoms with Gasteiger partial charge < -0.3 is 14.6 Å². The second-order valence-corrected chi connectivity index (χ2v) is 5.18. The first-order chi connectivity index (χ1) is 9.63. The van der Waals surface area contributed by atoms with Gasteiger partial charge in [-0.15, -0.1) is 0 Å². The first-order valence-electron chi connectivity index (χ1n) is 6.38. The molecule has 20 heavy (non-hydrogen) atoms. The zero-order chi connectivity index (χ0) is 14.1. The van der Waals surface area contributed by atoms with E-state index in [1.54, 1.807) is 23.0 Å². The maximum atomic E-state index is 10.3. The molecule has 0 saturated carbocycles. The van der Waals surface area contributed by atoms with Crippen LogP contribution in [0, 0.1) is 0 Å². The molecule has 1 unspecified atom stereocenters. The van der Waals surface area contributed by atoms with Gasteiger partial charge in [-0.1, -0.05) is 11.6 Å². The topological polar surface area (TPSA) is 56.5 Å². The van der Waals surface area contributed by atoms with E-state index in [1.165, 1.54) is 0 Å². The molecule has 1 aromatic carbocycles. The lowest BCUT2D eigenvalue weighted by molar-refractivity contribution is 0.164. The Hall–Kier alpha value is -1.72. The Morgan fingerprint density at radius 3 is 2.95 bits per heavy atom. The van der Waals surface area contributed by atoms with Crippen molar-refractivity contribution in [3.05, 3.63) is 40.7 Å². The number of fused-ring (bicyclic) bond motifs is 1. The standard InChI is InChI=1S/C14H15ClN2O3/c1-17-8-9(7-16-17)4-12(18)10-5-11(15)14-13(6-10)19-2-3-20-14/h5-8,12,18H,2-4H2,1H3. The molecule has 0 radical (unpaired) electrons. The van der Waals surface area contributed by atoms with Crippen molar-refractivity contribution in [3.8, 4) is 11.5 Å². The lowest BCUT2D eigenvalue weighted by Crippen LogP contribution is -2.16. The highest BCUT2D eigenvalue weighted by Crippen LogP contribution is 2.40. The molecule has 3 rings (SSSR count). The summed E-state index contributed by atoms with van der Waals surface area (Å²) in [6.45, 7) is 0.982. The number of aliphatic hydroxyl groups excluding tert-OH is 1. The molecule has 0 bridgehead atoms. The van der Waals surface area contributed by atoms with Crippen molar-refractivity contribution in [2.75, 3.05) is 13.2 Å². The molecule has 2 aromatic rings. The molecular formula is C14H15ClN2O3. The van der Waals surface area contributed by atoms with Crippen LogP contribution < -0.4 is 9.47 Å². The van der Waals surface area contributed by atoms with Crippen LogP contribution in [0.1, 0.15) is 17.2 Å². The van der Waals surface area contributed by atoms with Crippen molar-refractivity contribution in [1.29, 1.82) is 0 Å². The molecule has 0 saturated heterocycles. The zero-order valence-corrected chi connectivity index (χ0v) is 11.8. The van der Waals surface area contributed by atoms with Crippen LogP contribution in [0.3, 0.4) is 0 Å². The van der Waals surface area contributed by atoms with E-state index in [0.29, 0.717) is 41.7 Å². The van der Waals surface area contributed by atoms with Gasteiger partial charge in [-0.05, 0) is 23.3 Å². The maximum absolute atomic E-state index is 10.3. The van der Waals surface area contributed by atoms with Crippen LogP contribution in [0.5, 0.6) is 11.5 Å². The Labute approximate surface area is 121 Å². The largest absolute Gasteiger partial charge is 0.486 e. The molecule has 1 aliphatic heterocycles. The number of hydrogen-bond donors (Lipinski definition) is 1. The summed E-state index contributed by atoms with van der Waals surface area (Å²) in [5.41, 5.74) is 1.68. The first-order valence-corrected chi connectivity index (χ1v) is 6.76. The Balaban J connectivity index is 1.84. The molecule has 2 heterocycles. The Morgan fingerprint density at radius 1 is 1.40 bits per heavy atom. The first kappa shape index (κ1) is 13.3. The number of aryl methyl sites for hydroxylation is 1. The van der Waals surface area contributed by atoms with Crippen molar-refractivity contribution in [2.45, 2.75) is 12.5 Å². The minimum absolute atomic E-state index is 0.461. The highest BCUT2D eigenvalue weighted by atomic mass is 35.5. The van der Waals surface area contributed by atoms with Crippen molar-refractivity contribution in [3.63, 3.8) is 0 Å². The fraction of sp³-hybridized carbons (Fsp3) is 0.357. The quantitative estimate of drug-likeness (QED) is 0.942. The van der Waals surface area contributed by atoms with E-state index >= 15 is 0 Å². The van der Waals surface area contributed by atoms with Crippen LogP contribution in [0.15, 0.2) is 24.5 Å². The summed E-state index contributed by atoms with van der Waals surface area (Å²) in [5, 5.41) is 14.9. The van der Waals surface area contributed by atoms with Gasteiger partial charge in [0.2, 0.25) is 0 Å². The predicted molar refractivity (Wildman–Crippen MR) is 74.3 cm³/mol. The molecule has 1 N–H and O–H groups in total. The summed E-state index contributed by atoms with van der Waals surface area (Å²) >= 11 is 6.17. The third-order valence-corrected chi connectivity index (χ3v) is 3.47. The Kier molecular flexibility index (Phi) is 3.54. The van der Waals surface area contributed by atoms with Crippen LogP contribution in [0.4, 0.5) is 0 Å². The average Bonchev–Trinajstić information content (AvgIpc) is 2.84. The summed E-state index contributed by atoms with van der Waals surface area (Å²) in [6, 6.07) is 3.50. The summed E-state index contributed by atoms with van der Waals surface area (Å²) in [4.78, 5) is 0. The van der Waals surface area contributed by atoms with E-state index in [0.717, 1.165) is 5.56 Å². The summed E-state index contributed by atoms with van der Waals surface area (Å²) in [7, 11) is 1.84. The van der Waals surface area contributed by atoms with Gasteiger partial charge in [-0.2, -0.15) is 5.10 Å². The lowest BCUT2D eigenvalue weighted by Gasteiger charge is -2.21. The summed E-state index contributed by atoms with van der Waals surface area (Å²) in [5.74, 6) is 1.14. The fourth-order valence-electron chi connectivity index (χ4n) is 2.24.